The first-order chi connectivity index (χ1) is 10.1. The number of anilines is 2. The average Bonchev–Trinajstić information content (AvgIpc) is 2.49. The molecule has 4 heteroatoms. The second kappa shape index (κ2) is 5.05. The monoisotopic (exact) mass is 280 g/mol. The predicted octanol–water partition coefficient (Wildman–Crippen LogP) is 2.69. The molecule has 1 aliphatic rings. The molecule has 1 aliphatic heterocycles. The SMILES string of the molecule is Cc1c(N)cccc1C(=O)c1ccc2c(c1)CCC(=O)N2. The molecular formula is C17H16N2O2. The smallest absolute Gasteiger partial charge is 0.224 e. The van der Waals surface area contributed by atoms with E-state index in [1.807, 2.05) is 13.0 Å². The predicted molar refractivity (Wildman–Crippen MR) is 82.4 cm³/mol. The lowest BCUT2D eigenvalue weighted by atomic mass is 9.94. The van der Waals surface area contributed by atoms with E-state index >= 15 is 0 Å². The number of carbonyl (C=O) groups is 2. The number of nitrogens with two attached hydrogens (primary N) is 1. The minimum atomic E-state index is -0.0421. The van der Waals surface area contributed by atoms with Crippen molar-refractivity contribution in [3.63, 3.8) is 0 Å². The molecule has 2 aromatic rings. The van der Waals surface area contributed by atoms with E-state index in [4.69, 9.17) is 5.73 Å². The van der Waals surface area contributed by atoms with E-state index in [0.29, 0.717) is 29.7 Å². The number of hydrogen-bond acceptors (Lipinski definition) is 3. The van der Waals surface area contributed by atoms with Crippen LogP contribution in [0.1, 0.15) is 33.5 Å². The molecule has 2 aromatic carbocycles. The van der Waals surface area contributed by atoms with Crippen LogP contribution in [0.25, 0.3) is 0 Å². The molecule has 106 valence electrons. The van der Waals surface area contributed by atoms with Gasteiger partial charge in [0.1, 0.15) is 0 Å². The maximum atomic E-state index is 12.6. The lowest BCUT2D eigenvalue weighted by Gasteiger charge is -2.17. The number of aryl methyl sites for hydroxylation is 1. The molecule has 3 rings (SSSR count). The third kappa shape index (κ3) is 2.40. The third-order valence-electron chi connectivity index (χ3n) is 3.88. The molecule has 0 atom stereocenters. The highest BCUT2D eigenvalue weighted by molar-refractivity contribution is 6.11. The number of hydrogen-bond donors (Lipinski definition) is 2. The molecule has 0 fully saturated rings. The minimum Gasteiger partial charge on any atom is -0.398 e. The number of benzene rings is 2. The van der Waals surface area contributed by atoms with E-state index < -0.39 is 0 Å². The molecule has 0 aromatic heterocycles. The summed E-state index contributed by atoms with van der Waals surface area (Å²) in [7, 11) is 0. The number of fused-ring (bicyclic) bond motifs is 1. The molecule has 21 heavy (non-hydrogen) atoms. The van der Waals surface area contributed by atoms with Gasteiger partial charge in [0.15, 0.2) is 5.78 Å². The van der Waals surface area contributed by atoms with Gasteiger partial charge >= 0.3 is 0 Å². The highest BCUT2D eigenvalue weighted by Crippen LogP contribution is 2.26. The Hall–Kier alpha value is -2.62. The van der Waals surface area contributed by atoms with Crippen molar-refractivity contribution in [2.45, 2.75) is 19.8 Å². The van der Waals surface area contributed by atoms with Crippen LogP contribution in [0.3, 0.4) is 0 Å². The average molecular weight is 280 g/mol. The highest BCUT2D eigenvalue weighted by atomic mass is 16.1. The van der Waals surface area contributed by atoms with Gasteiger partial charge in [-0.15, -0.1) is 0 Å². The van der Waals surface area contributed by atoms with Crippen LogP contribution in [0, 0.1) is 6.92 Å². The van der Waals surface area contributed by atoms with E-state index in [2.05, 4.69) is 5.32 Å². The van der Waals surface area contributed by atoms with E-state index in [1.54, 1.807) is 30.3 Å². The fourth-order valence-corrected chi connectivity index (χ4v) is 2.58. The van der Waals surface area contributed by atoms with Gasteiger partial charge in [0.2, 0.25) is 5.91 Å². The van der Waals surface area contributed by atoms with Gasteiger partial charge in [-0.3, -0.25) is 9.59 Å². The fraction of sp³-hybridized carbons (Fsp3) is 0.176. The zero-order chi connectivity index (χ0) is 15.0. The number of rotatable bonds is 2. The summed E-state index contributed by atoms with van der Waals surface area (Å²) in [5.74, 6) is -0.0206. The molecule has 0 bridgehead atoms. The Morgan fingerprint density at radius 1 is 1.19 bits per heavy atom. The van der Waals surface area contributed by atoms with Gasteiger partial charge in [-0.05, 0) is 48.7 Å². The molecular weight excluding hydrogens is 264 g/mol. The summed E-state index contributed by atoms with van der Waals surface area (Å²) in [6, 6.07) is 10.8. The zero-order valence-corrected chi connectivity index (χ0v) is 11.8. The molecule has 0 spiro atoms. The van der Waals surface area contributed by atoms with Crippen LogP contribution in [-0.2, 0) is 11.2 Å². The molecule has 0 saturated heterocycles. The normalized spacial score (nSPS) is 13.5. The van der Waals surface area contributed by atoms with Gasteiger partial charge in [-0.2, -0.15) is 0 Å². The number of carbonyl (C=O) groups excluding carboxylic acids is 2. The van der Waals surface area contributed by atoms with Crippen LogP contribution in [0.5, 0.6) is 0 Å². The Labute approximate surface area is 123 Å². The molecule has 0 saturated carbocycles. The van der Waals surface area contributed by atoms with E-state index in [-0.39, 0.29) is 11.7 Å². The topological polar surface area (TPSA) is 72.2 Å². The Bertz CT molecular complexity index is 750. The molecule has 0 unspecified atom stereocenters. The Morgan fingerprint density at radius 3 is 2.81 bits per heavy atom. The molecule has 0 radical (unpaired) electrons. The van der Waals surface area contributed by atoms with Crippen molar-refractivity contribution in [2.24, 2.45) is 0 Å². The summed E-state index contributed by atoms with van der Waals surface area (Å²) in [4.78, 5) is 24.0. The standard InChI is InChI=1S/C17H16N2O2/c1-10-13(3-2-4-14(10)18)17(21)12-5-7-15-11(9-12)6-8-16(20)19-15/h2-5,7,9H,6,8,18H2,1H3,(H,19,20). The Balaban J connectivity index is 1.99. The van der Waals surface area contributed by atoms with Gasteiger partial charge in [0, 0.05) is 28.9 Å². The lowest BCUT2D eigenvalue weighted by Crippen LogP contribution is -2.19. The Kier molecular flexibility index (Phi) is 3.22. The number of ketones is 1. The number of nitrogens with one attached hydrogen (secondary N) is 1. The summed E-state index contributed by atoms with van der Waals surface area (Å²) in [5, 5.41) is 2.82. The number of amides is 1. The quantitative estimate of drug-likeness (QED) is 0.656. The van der Waals surface area contributed by atoms with E-state index in [0.717, 1.165) is 16.8 Å². The lowest BCUT2D eigenvalue weighted by molar-refractivity contribution is -0.116. The Morgan fingerprint density at radius 2 is 2.00 bits per heavy atom. The maximum absolute atomic E-state index is 12.6. The van der Waals surface area contributed by atoms with Gasteiger partial charge in [-0.25, -0.2) is 0 Å². The third-order valence-corrected chi connectivity index (χ3v) is 3.88. The summed E-state index contributed by atoms with van der Waals surface area (Å²) in [5.41, 5.74) is 10.3. The first-order valence-corrected chi connectivity index (χ1v) is 6.89. The summed E-state index contributed by atoms with van der Waals surface area (Å²) < 4.78 is 0. The zero-order valence-electron chi connectivity index (χ0n) is 11.8. The molecule has 3 N–H and O–H groups in total. The van der Waals surface area contributed by atoms with Crippen LogP contribution >= 0.6 is 0 Å². The van der Waals surface area contributed by atoms with Crippen LogP contribution in [-0.4, -0.2) is 11.7 Å². The van der Waals surface area contributed by atoms with Crippen molar-refractivity contribution < 1.29 is 9.59 Å². The van der Waals surface area contributed by atoms with Crippen molar-refractivity contribution in [3.8, 4) is 0 Å². The van der Waals surface area contributed by atoms with Crippen molar-refractivity contribution >= 4 is 23.1 Å². The number of nitrogen functional groups attached to an aromatic ring is 1. The summed E-state index contributed by atoms with van der Waals surface area (Å²) in [6.07, 6.45) is 1.13. The largest absolute Gasteiger partial charge is 0.398 e. The summed E-state index contributed by atoms with van der Waals surface area (Å²) >= 11 is 0. The first-order valence-electron chi connectivity index (χ1n) is 6.89. The fourth-order valence-electron chi connectivity index (χ4n) is 2.58. The molecule has 4 nitrogen and oxygen atoms in total. The molecule has 0 aliphatic carbocycles. The highest BCUT2D eigenvalue weighted by Gasteiger charge is 2.18. The van der Waals surface area contributed by atoms with Gasteiger partial charge in [-0.1, -0.05) is 12.1 Å². The second-order valence-electron chi connectivity index (χ2n) is 5.27. The molecule has 1 amide bonds. The van der Waals surface area contributed by atoms with Crippen LogP contribution in [0.15, 0.2) is 36.4 Å². The van der Waals surface area contributed by atoms with Crippen LogP contribution < -0.4 is 11.1 Å². The van der Waals surface area contributed by atoms with Gasteiger partial charge < -0.3 is 11.1 Å². The van der Waals surface area contributed by atoms with Gasteiger partial charge in [0.25, 0.3) is 0 Å². The summed E-state index contributed by atoms with van der Waals surface area (Å²) in [6.45, 7) is 1.85. The van der Waals surface area contributed by atoms with E-state index in [1.165, 1.54) is 0 Å². The van der Waals surface area contributed by atoms with E-state index in [9.17, 15) is 9.59 Å². The van der Waals surface area contributed by atoms with Crippen LogP contribution in [0.2, 0.25) is 0 Å². The van der Waals surface area contributed by atoms with Gasteiger partial charge in [0.05, 0.1) is 0 Å². The van der Waals surface area contributed by atoms with Crippen molar-refractivity contribution in [1.82, 2.24) is 0 Å². The van der Waals surface area contributed by atoms with Crippen molar-refractivity contribution in [1.29, 1.82) is 0 Å². The van der Waals surface area contributed by atoms with Crippen molar-refractivity contribution in [3.05, 3.63) is 58.7 Å². The van der Waals surface area contributed by atoms with Crippen molar-refractivity contribution in [2.75, 3.05) is 11.1 Å². The van der Waals surface area contributed by atoms with Crippen LogP contribution in [0.4, 0.5) is 11.4 Å². The minimum absolute atomic E-state index is 0.0215. The second-order valence-corrected chi connectivity index (χ2v) is 5.27. The first kappa shape index (κ1) is 13.4. The maximum Gasteiger partial charge on any atom is 0.224 e. The molecule has 1 heterocycles.